The van der Waals surface area contributed by atoms with Gasteiger partial charge in [-0.2, -0.15) is 0 Å². The van der Waals surface area contributed by atoms with Crippen LogP contribution in [0.2, 0.25) is 0 Å². The predicted octanol–water partition coefficient (Wildman–Crippen LogP) is 2.95. The first-order chi connectivity index (χ1) is 9.60. The molecule has 0 N–H and O–H groups in total. The van der Waals surface area contributed by atoms with Gasteiger partial charge in [0.1, 0.15) is 11.9 Å². The average Bonchev–Trinajstić information content (AvgIpc) is 2.44. The highest BCUT2D eigenvalue weighted by molar-refractivity contribution is 5.73. The number of carbonyl (C=O) groups is 1. The number of ether oxygens (including phenoxy) is 2. The van der Waals surface area contributed by atoms with E-state index in [0.717, 1.165) is 0 Å². The summed E-state index contributed by atoms with van der Waals surface area (Å²) in [6.07, 6.45) is 1.24. The first-order valence-electron chi connectivity index (χ1n) is 6.59. The molecule has 20 heavy (non-hydrogen) atoms. The third kappa shape index (κ3) is 3.94. The van der Waals surface area contributed by atoms with Crippen molar-refractivity contribution < 1.29 is 19.2 Å². The molecular weight excluding hydrogens is 262 g/mol. The van der Waals surface area contributed by atoms with Gasteiger partial charge in [0.05, 0.1) is 18.0 Å². The third-order valence-corrected chi connectivity index (χ3v) is 2.98. The van der Waals surface area contributed by atoms with Crippen LogP contribution in [0.5, 0.6) is 5.75 Å². The molecule has 0 saturated heterocycles. The van der Waals surface area contributed by atoms with Crippen molar-refractivity contribution in [2.45, 2.75) is 32.8 Å². The van der Waals surface area contributed by atoms with Crippen molar-refractivity contribution in [2.24, 2.45) is 5.92 Å². The minimum atomic E-state index is -0.458. The lowest BCUT2D eigenvalue weighted by Crippen LogP contribution is -2.38. The van der Waals surface area contributed by atoms with Gasteiger partial charge in [0.2, 0.25) is 0 Å². The normalized spacial score (nSPS) is 19.9. The Morgan fingerprint density at radius 3 is 2.25 bits per heavy atom. The second kappa shape index (κ2) is 7.47. The summed E-state index contributed by atoms with van der Waals surface area (Å²) in [7, 11) is 1.37. The van der Waals surface area contributed by atoms with E-state index in [1.807, 2.05) is 13.8 Å². The summed E-state index contributed by atoms with van der Waals surface area (Å²) < 4.78 is 10.2. The monoisotopic (exact) mass is 281 g/mol. The van der Waals surface area contributed by atoms with Crippen molar-refractivity contribution in [1.82, 2.24) is 0 Å². The van der Waals surface area contributed by atoms with E-state index in [1.165, 1.54) is 19.2 Å². The molecular formula is C14H19NO5. The fourth-order valence-corrected chi connectivity index (χ4v) is 1.86. The molecule has 1 saturated carbocycles. The van der Waals surface area contributed by atoms with Crippen LogP contribution in [0.3, 0.4) is 0 Å². The van der Waals surface area contributed by atoms with Gasteiger partial charge in [-0.1, -0.05) is 13.8 Å². The third-order valence-electron chi connectivity index (χ3n) is 2.98. The highest BCUT2D eigenvalue weighted by Gasteiger charge is 2.36. The molecule has 2 rings (SSSR count). The minimum absolute atomic E-state index is 0.0180. The van der Waals surface area contributed by atoms with Crippen LogP contribution in [-0.2, 0) is 9.53 Å². The van der Waals surface area contributed by atoms with Crippen molar-refractivity contribution in [3.8, 4) is 5.75 Å². The molecule has 0 spiro atoms. The number of hydrogen-bond donors (Lipinski definition) is 0. The molecule has 1 fully saturated rings. The summed E-state index contributed by atoms with van der Waals surface area (Å²) in [5.41, 5.74) is 0.0309. The molecule has 0 heterocycles. The predicted molar refractivity (Wildman–Crippen MR) is 73.6 cm³/mol. The molecule has 1 aliphatic carbocycles. The van der Waals surface area contributed by atoms with Crippen molar-refractivity contribution >= 4 is 11.7 Å². The molecule has 0 aromatic heterocycles. The smallest absolute Gasteiger partial charge is 0.308 e. The Morgan fingerprint density at radius 1 is 1.25 bits per heavy atom. The second-order valence-electron chi connectivity index (χ2n) is 4.18. The van der Waals surface area contributed by atoms with Gasteiger partial charge in [-0.05, 0) is 25.0 Å². The van der Waals surface area contributed by atoms with Crippen LogP contribution in [0.15, 0.2) is 24.3 Å². The highest BCUT2D eigenvalue weighted by atomic mass is 16.6. The van der Waals surface area contributed by atoms with Gasteiger partial charge >= 0.3 is 5.97 Å². The van der Waals surface area contributed by atoms with Crippen molar-refractivity contribution in [1.29, 1.82) is 0 Å². The lowest BCUT2D eigenvalue weighted by Gasteiger charge is -2.33. The summed E-state index contributed by atoms with van der Waals surface area (Å²) in [5, 5.41) is 10.5. The van der Waals surface area contributed by atoms with Gasteiger partial charge in [-0.3, -0.25) is 14.9 Å². The second-order valence-corrected chi connectivity index (χ2v) is 4.18. The summed E-state index contributed by atoms with van der Waals surface area (Å²) in [4.78, 5) is 21.2. The number of non-ortho nitro benzene ring substituents is 1. The lowest BCUT2D eigenvalue weighted by atomic mass is 9.82. The number of nitrogens with zero attached hydrogens (tertiary/aromatic N) is 1. The van der Waals surface area contributed by atoms with Gasteiger partial charge in [-0.15, -0.1) is 0 Å². The zero-order chi connectivity index (χ0) is 15.1. The zero-order valence-corrected chi connectivity index (χ0v) is 11.9. The van der Waals surface area contributed by atoms with Crippen molar-refractivity contribution in [3.63, 3.8) is 0 Å². The molecule has 0 bridgehead atoms. The van der Waals surface area contributed by atoms with E-state index in [0.29, 0.717) is 18.6 Å². The van der Waals surface area contributed by atoms with E-state index in [9.17, 15) is 14.9 Å². The molecule has 0 radical (unpaired) electrons. The summed E-state index contributed by atoms with van der Waals surface area (Å²) in [6, 6.07) is 5.91. The van der Waals surface area contributed by atoms with Gasteiger partial charge < -0.3 is 9.47 Å². The summed E-state index contributed by atoms with van der Waals surface area (Å²) in [6.45, 7) is 4.00. The van der Waals surface area contributed by atoms with Gasteiger partial charge in [-0.25, -0.2) is 0 Å². The molecule has 0 atom stereocenters. The Hall–Kier alpha value is -2.11. The highest BCUT2D eigenvalue weighted by Crippen LogP contribution is 2.32. The van der Waals surface area contributed by atoms with E-state index in [2.05, 4.69) is 4.74 Å². The molecule has 6 nitrogen and oxygen atoms in total. The van der Waals surface area contributed by atoms with Crippen LogP contribution in [0.1, 0.15) is 26.7 Å². The quantitative estimate of drug-likeness (QED) is 0.481. The van der Waals surface area contributed by atoms with Crippen LogP contribution >= 0.6 is 0 Å². The minimum Gasteiger partial charge on any atom is -0.490 e. The summed E-state index contributed by atoms with van der Waals surface area (Å²) in [5.74, 6) is 0.283. The van der Waals surface area contributed by atoms with Gasteiger partial charge in [0.15, 0.2) is 0 Å². The lowest BCUT2D eigenvalue weighted by molar-refractivity contribution is -0.384. The van der Waals surface area contributed by atoms with Gasteiger partial charge in [0, 0.05) is 12.1 Å². The van der Waals surface area contributed by atoms with E-state index < -0.39 is 4.92 Å². The van der Waals surface area contributed by atoms with Crippen molar-refractivity contribution in [3.05, 3.63) is 34.4 Å². The average molecular weight is 281 g/mol. The number of nitro groups is 1. The van der Waals surface area contributed by atoms with E-state index in [-0.39, 0.29) is 23.7 Å². The standard InChI is InChI=1S/C12H13NO5.C2H6/c1-17-12(14)8-6-11(7-8)18-10-4-2-9(3-5-10)13(15)16;1-2/h2-5,8,11H,6-7H2,1H3;1-2H3. The van der Waals surface area contributed by atoms with Gasteiger partial charge in [0.25, 0.3) is 5.69 Å². The Kier molecular flexibility index (Phi) is 5.96. The first kappa shape index (κ1) is 15.9. The number of esters is 1. The fourth-order valence-electron chi connectivity index (χ4n) is 1.86. The maximum absolute atomic E-state index is 11.2. The maximum atomic E-state index is 11.2. The number of benzene rings is 1. The Bertz CT molecular complexity index is 451. The van der Waals surface area contributed by atoms with Crippen molar-refractivity contribution in [2.75, 3.05) is 7.11 Å². The van der Waals surface area contributed by atoms with Crippen LogP contribution in [0.4, 0.5) is 5.69 Å². The van der Waals surface area contributed by atoms with Crippen LogP contribution < -0.4 is 4.74 Å². The molecule has 1 aromatic carbocycles. The van der Waals surface area contributed by atoms with E-state index in [1.54, 1.807) is 12.1 Å². The van der Waals surface area contributed by atoms with E-state index >= 15 is 0 Å². The SMILES string of the molecule is CC.COC(=O)C1CC(Oc2ccc([N+](=O)[O-])cc2)C1. The Morgan fingerprint density at radius 2 is 1.80 bits per heavy atom. The maximum Gasteiger partial charge on any atom is 0.308 e. The van der Waals surface area contributed by atoms with Crippen LogP contribution in [-0.4, -0.2) is 24.1 Å². The molecule has 110 valence electrons. The molecule has 6 heteroatoms. The molecule has 0 aliphatic heterocycles. The molecule has 1 aromatic rings. The number of methoxy groups -OCH3 is 1. The summed E-state index contributed by atoms with van der Waals surface area (Å²) >= 11 is 0. The molecule has 0 unspecified atom stereocenters. The van der Waals surface area contributed by atoms with Crippen LogP contribution in [0.25, 0.3) is 0 Å². The first-order valence-corrected chi connectivity index (χ1v) is 6.59. The number of hydrogen-bond acceptors (Lipinski definition) is 5. The largest absolute Gasteiger partial charge is 0.490 e. The van der Waals surface area contributed by atoms with Crippen LogP contribution in [0, 0.1) is 16.0 Å². The Labute approximate surface area is 117 Å². The zero-order valence-electron chi connectivity index (χ0n) is 11.9. The Balaban J connectivity index is 0.000000956. The van der Waals surface area contributed by atoms with E-state index in [4.69, 9.17) is 4.74 Å². The number of carbonyl (C=O) groups excluding carboxylic acids is 1. The number of nitro benzene ring substituents is 1. The molecule has 0 amide bonds. The fraction of sp³-hybridized carbons (Fsp3) is 0.500. The molecule has 1 aliphatic rings. The number of rotatable bonds is 4. The topological polar surface area (TPSA) is 78.7 Å².